The Labute approximate surface area is 80.3 Å². The third kappa shape index (κ3) is 3.35. The fraction of sp³-hybridized carbons (Fsp3) is 0.900. The molecule has 76 valence electrons. The van der Waals surface area contributed by atoms with Crippen LogP contribution in [0.2, 0.25) is 0 Å². The zero-order valence-electron chi connectivity index (χ0n) is 8.60. The Bertz CT molecular complexity index is 164. The van der Waals surface area contributed by atoms with Crippen molar-refractivity contribution in [1.82, 2.24) is 10.6 Å². The third-order valence-corrected chi connectivity index (χ3v) is 2.70. The molecule has 13 heavy (non-hydrogen) atoms. The standard InChI is InChI=1S/C10H20N2O/c1-3-8(2)7-12-10(13)9-5-4-6-11-9/h8-9,11H,3-7H2,1-2H3,(H,12,13)/t8?,9-/m0/s1. The average Bonchev–Trinajstić information content (AvgIpc) is 2.66. The third-order valence-electron chi connectivity index (χ3n) is 2.70. The van der Waals surface area contributed by atoms with E-state index in [1.807, 2.05) is 0 Å². The van der Waals surface area contributed by atoms with E-state index in [1.54, 1.807) is 0 Å². The predicted octanol–water partition coefficient (Wildman–Crippen LogP) is 0.901. The molecule has 3 nitrogen and oxygen atoms in total. The molecule has 0 radical (unpaired) electrons. The molecule has 0 spiro atoms. The summed E-state index contributed by atoms with van der Waals surface area (Å²) < 4.78 is 0. The van der Waals surface area contributed by atoms with Crippen LogP contribution in [0.1, 0.15) is 33.1 Å². The quantitative estimate of drug-likeness (QED) is 0.681. The van der Waals surface area contributed by atoms with E-state index in [0.29, 0.717) is 5.92 Å². The maximum atomic E-state index is 11.5. The first-order chi connectivity index (χ1) is 6.24. The van der Waals surface area contributed by atoms with Crippen LogP contribution in [-0.2, 0) is 4.79 Å². The number of nitrogens with one attached hydrogen (secondary N) is 2. The molecule has 1 saturated heterocycles. The van der Waals surface area contributed by atoms with Gasteiger partial charge in [0.05, 0.1) is 6.04 Å². The van der Waals surface area contributed by atoms with Crippen LogP contribution < -0.4 is 10.6 Å². The number of carbonyl (C=O) groups is 1. The van der Waals surface area contributed by atoms with Crippen molar-refractivity contribution in [2.75, 3.05) is 13.1 Å². The smallest absolute Gasteiger partial charge is 0.237 e. The lowest BCUT2D eigenvalue weighted by atomic mass is 10.1. The fourth-order valence-corrected chi connectivity index (χ4v) is 1.45. The van der Waals surface area contributed by atoms with Gasteiger partial charge in [0.25, 0.3) is 0 Å². The maximum Gasteiger partial charge on any atom is 0.237 e. The number of carbonyl (C=O) groups excluding carboxylic acids is 1. The molecule has 0 aromatic carbocycles. The lowest BCUT2D eigenvalue weighted by Crippen LogP contribution is -2.41. The van der Waals surface area contributed by atoms with E-state index in [2.05, 4.69) is 24.5 Å². The summed E-state index contributed by atoms with van der Waals surface area (Å²) in [6.07, 6.45) is 3.24. The second kappa shape index (κ2) is 5.22. The van der Waals surface area contributed by atoms with E-state index in [-0.39, 0.29) is 11.9 Å². The van der Waals surface area contributed by atoms with Crippen molar-refractivity contribution in [2.24, 2.45) is 5.92 Å². The average molecular weight is 184 g/mol. The molecule has 1 fully saturated rings. The van der Waals surface area contributed by atoms with Crippen molar-refractivity contribution in [3.8, 4) is 0 Å². The highest BCUT2D eigenvalue weighted by molar-refractivity contribution is 5.81. The normalized spacial score (nSPS) is 24.3. The van der Waals surface area contributed by atoms with E-state index in [9.17, 15) is 4.79 Å². The first-order valence-corrected chi connectivity index (χ1v) is 5.25. The summed E-state index contributed by atoms with van der Waals surface area (Å²) in [7, 11) is 0. The van der Waals surface area contributed by atoms with Gasteiger partial charge in [-0.25, -0.2) is 0 Å². The molecule has 1 heterocycles. The van der Waals surface area contributed by atoms with Gasteiger partial charge in [-0.1, -0.05) is 20.3 Å². The predicted molar refractivity (Wildman–Crippen MR) is 53.5 cm³/mol. The highest BCUT2D eigenvalue weighted by Gasteiger charge is 2.21. The molecular weight excluding hydrogens is 164 g/mol. The highest BCUT2D eigenvalue weighted by Crippen LogP contribution is 2.05. The number of amides is 1. The van der Waals surface area contributed by atoms with Gasteiger partial charge in [0, 0.05) is 6.54 Å². The Morgan fingerprint density at radius 1 is 1.69 bits per heavy atom. The van der Waals surface area contributed by atoms with Crippen LogP contribution in [0.15, 0.2) is 0 Å². The summed E-state index contributed by atoms with van der Waals surface area (Å²) in [5.74, 6) is 0.767. The molecule has 1 aliphatic rings. The van der Waals surface area contributed by atoms with E-state index < -0.39 is 0 Å². The van der Waals surface area contributed by atoms with Gasteiger partial charge < -0.3 is 10.6 Å². The second-order valence-electron chi connectivity index (χ2n) is 3.91. The SMILES string of the molecule is CCC(C)CNC(=O)[C@@H]1CCCN1. The van der Waals surface area contributed by atoms with Crippen LogP contribution in [0.4, 0.5) is 0 Å². The lowest BCUT2D eigenvalue weighted by molar-refractivity contribution is -0.122. The van der Waals surface area contributed by atoms with Crippen molar-refractivity contribution >= 4 is 5.91 Å². The van der Waals surface area contributed by atoms with Gasteiger partial charge in [-0.05, 0) is 25.3 Å². The molecule has 0 saturated carbocycles. The molecular formula is C10H20N2O. The van der Waals surface area contributed by atoms with E-state index in [0.717, 1.165) is 32.4 Å². The van der Waals surface area contributed by atoms with E-state index in [1.165, 1.54) is 0 Å². The molecule has 2 atom stereocenters. The Morgan fingerprint density at radius 3 is 3.00 bits per heavy atom. The Kier molecular flexibility index (Phi) is 4.22. The Morgan fingerprint density at radius 2 is 2.46 bits per heavy atom. The summed E-state index contributed by atoms with van der Waals surface area (Å²) >= 11 is 0. The number of hydrogen-bond acceptors (Lipinski definition) is 2. The van der Waals surface area contributed by atoms with Gasteiger partial charge in [-0.2, -0.15) is 0 Å². The summed E-state index contributed by atoms with van der Waals surface area (Å²) in [5.41, 5.74) is 0. The molecule has 1 aliphatic heterocycles. The topological polar surface area (TPSA) is 41.1 Å². The molecule has 0 aliphatic carbocycles. The number of hydrogen-bond donors (Lipinski definition) is 2. The highest BCUT2D eigenvalue weighted by atomic mass is 16.2. The molecule has 1 unspecified atom stereocenters. The van der Waals surface area contributed by atoms with Gasteiger partial charge in [-0.3, -0.25) is 4.79 Å². The van der Waals surface area contributed by atoms with Crippen molar-refractivity contribution in [1.29, 1.82) is 0 Å². The summed E-state index contributed by atoms with van der Waals surface area (Å²) in [5, 5.41) is 6.16. The molecule has 1 amide bonds. The first kappa shape index (κ1) is 10.5. The minimum atomic E-state index is 0.0732. The van der Waals surface area contributed by atoms with E-state index >= 15 is 0 Å². The van der Waals surface area contributed by atoms with Crippen LogP contribution in [0.25, 0.3) is 0 Å². The summed E-state index contributed by atoms with van der Waals surface area (Å²) in [6.45, 7) is 6.10. The summed E-state index contributed by atoms with van der Waals surface area (Å²) in [6, 6.07) is 0.0732. The molecule has 1 rings (SSSR count). The van der Waals surface area contributed by atoms with Crippen molar-refractivity contribution in [3.63, 3.8) is 0 Å². The van der Waals surface area contributed by atoms with Crippen molar-refractivity contribution in [3.05, 3.63) is 0 Å². The van der Waals surface area contributed by atoms with Crippen molar-refractivity contribution < 1.29 is 4.79 Å². The number of rotatable bonds is 4. The molecule has 0 aromatic heterocycles. The van der Waals surface area contributed by atoms with Crippen molar-refractivity contribution in [2.45, 2.75) is 39.2 Å². The summed E-state index contributed by atoms with van der Waals surface area (Å²) in [4.78, 5) is 11.5. The zero-order chi connectivity index (χ0) is 9.68. The largest absolute Gasteiger partial charge is 0.354 e. The van der Waals surface area contributed by atoms with Crippen LogP contribution in [0, 0.1) is 5.92 Å². The first-order valence-electron chi connectivity index (χ1n) is 5.25. The van der Waals surface area contributed by atoms with Gasteiger partial charge >= 0.3 is 0 Å². The van der Waals surface area contributed by atoms with Gasteiger partial charge in [0.1, 0.15) is 0 Å². The second-order valence-corrected chi connectivity index (χ2v) is 3.91. The minimum Gasteiger partial charge on any atom is -0.354 e. The minimum absolute atomic E-state index is 0.0732. The Hall–Kier alpha value is -0.570. The molecule has 0 aromatic rings. The molecule has 2 N–H and O–H groups in total. The van der Waals surface area contributed by atoms with Crippen LogP contribution in [0.3, 0.4) is 0 Å². The van der Waals surface area contributed by atoms with Gasteiger partial charge in [-0.15, -0.1) is 0 Å². The molecule has 3 heteroatoms. The monoisotopic (exact) mass is 184 g/mol. The van der Waals surface area contributed by atoms with Crippen LogP contribution in [0.5, 0.6) is 0 Å². The van der Waals surface area contributed by atoms with Crippen LogP contribution in [-0.4, -0.2) is 25.0 Å². The zero-order valence-corrected chi connectivity index (χ0v) is 8.60. The van der Waals surface area contributed by atoms with Gasteiger partial charge in [0.2, 0.25) is 5.91 Å². The fourth-order valence-electron chi connectivity index (χ4n) is 1.45. The maximum absolute atomic E-state index is 11.5. The Balaban J connectivity index is 2.16. The lowest BCUT2D eigenvalue weighted by Gasteiger charge is -2.13. The van der Waals surface area contributed by atoms with Crippen LogP contribution >= 0.6 is 0 Å². The van der Waals surface area contributed by atoms with E-state index in [4.69, 9.17) is 0 Å². The van der Waals surface area contributed by atoms with Gasteiger partial charge in [0.15, 0.2) is 0 Å². The molecule has 0 bridgehead atoms.